The van der Waals surface area contributed by atoms with E-state index in [9.17, 15) is 28.8 Å². The molecule has 0 aliphatic carbocycles. The Morgan fingerprint density at radius 2 is 0.909 bits per heavy atom. The minimum Gasteiger partial charge on any atom is -0.481 e. The van der Waals surface area contributed by atoms with Crippen molar-refractivity contribution in [1.82, 2.24) is 10.6 Å². The highest BCUT2D eigenvalue weighted by Crippen LogP contribution is 2.10. The number of benzene rings is 2. The molecule has 2 aromatic rings. The number of carboxylic acids is 2. The summed E-state index contributed by atoms with van der Waals surface area (Å²) in [5.41, 5.74) is 1.52. The molecule has 0 radical (unpaired) electrons. The summed E-state index contributed by atoms with van der Waals surface area (Å²) in [7, 11) is 0. The van der Waals surface area contributed by atoms with Crippen LogP contribution < -0.4 is 10.6 Å². The molecule has 0 unspecified atom stereocenters. The van der Waals surface area contributed by atoms with Crippen molar-refractivity contribution in [2.45, 2.75) is 89.5 Å². The van der Waals surface area contributed by atoms with Crippen molar-refractivity contribution >= 4 is 35.7 Å². The molecule has 12 heteroatoms. The summed E-state index contributed by atoms with van der Waals surface area (Å²) in [4.78, 5) is 71.9. The maximum Gasteiger partial charge on any atom is 0.328 e. The van der Waals surface area contributed by atoms with E-state index in [1.54, 1.807) is 48.5 Å². The van der Waals surface area contributed by atoms with E-state index in [2.05, 4.69) is 10.6 Å². The van der Waals surface area contributed by atoms with Crippen molar-refractivity contribution in [3.63, 3.8) is 0 Å². The standard InChI is InChI=1S/C32H40N2O10/c35-27(33-25(17-19-29(37)38)31(41)43-21-23-11-5-3-6-12-23)15-9-1-2-10-16-28(36)34-26(18-20-30(39)40)32(42)44-22-24-13-7-4-8-14-24/h3-8,11-14,25-26H,1-2,9-10,15-22H2,(H,33,35)(H,34,36)(H,37,38)(H,39,40)/t25-,26-/m0/s1. The number of nitrogens with one attached hydrogen (secondary N) is 2. The van der Waals surface area contributed by atoms with E-state index in [1.165, 1.54) is 0 Å². The van der Waals surface area contributed by atoms with Gasteiger partial charge < -0.3 is 30.3 Å². The summed E-state index contributed by atoms with van der Waals surface area (Å²) in [6.45, 7) is 0.00371. The highest BCUT2D eigenvalue weighted by molar-refractivity contribution is 5.85. The lowest BCUT2D eigenvalue weighted by molar-refractivity contribution is -0.150. The summed E-state index contributed by atoms with van der Waals surface area (Å²) in [5, 5.41) is 23.1. The van der Waals surface area contributed by atoms with E-state index in [0.717, 1.165) is 11.1 Å². The van der Waals surface area contributed by atoms with Crippen molar-refractivity contribution < 1.29 is 48.5 Å². The van der Waals surface area contributed by atoms with Gasteiger partial charge in [0, 0.05) is 25.7 Å². The van der Waals surface area contributed by atoms with Gasteiger partial charge in [-0.2, -0.15) is 0 Å². The van der Waals surface area contributed by atoms with Crippen LogP contribution in [0.5, 0.6) is 0 Å². The van der Waals surface area contributed by atoms with Crippen LogP contribution in [0.4, 0.5) is 0 Å². The Kier molecular flexibility index (Phi) is 16.3. The largest absolute Gasteiger partial charge is 0.481 e. The van der Waals surface area contributed by atoms with Crippen LogP contribution in [0.2, 0.25) is 0 Å². The fraction of sp³-hybridized carbons (Fsp3) is 0.438. The highest BCUT2D eigenvalue weighted by atomic mass is 16.5. The lowest BCUT2D eigenvalue weighted by atomic mass is 10.1. The predicted molar refractivity (Wildman–Crippen MR) is 158 cm³/mol. The molecule has 0 saturated heterocycles. The van der Waals surface area contributed by atoms with E-state index in [4.69, 9.17) is 19.7 Å². The molecule has 238 valence electrons. The Morgan fingerprint density at radius 1 is 0.545 bits per heavy atom. The molecular formula is C32H40N2O10. The normalized spacial score (nSPS) is 11.9. The van der Waals surface area contributed by atoms with E-state index < -0.39 is 47.8 Å². The first kappa shape index (κ1) is 35.5. The number of amides is 2. The van der Waals surface area contributed by atoms with Gasteiger partial charge in [0.2, 0.25) is 11.8 Å². The highest BCUT2D eigenvalue weighted by Gasteiger charge is 2.24. The molecule has 0 aromatic heterocycles. The summed E-state index contributed by atoms with van der Waals surface area (Å²) in [6, 6.07) is 15.8. The molecule has 0 saturated carbocycles. The third kappa shape index (κ3) is 15.5. The first-order valence-electron chi connectivity index (χ1n) is 14.6. The fourth-order valence-corrected chi connectivity index (χ4v) is 4.15. The Labute approximate surface area is 256 Å². The summed E-state index contributed by atoms with van der Waals surface area (Å²) in [6.07, 6.45) is 1.56. The minimum atomic E-state index is -1.10. The molecule has 2 atom stereocenters. The van der Waals surface area contributed by atoms with Crippen LogP contribution in [0, 0.1) is 0 Å². The maximum absolute atomic E-state index is 12.5. The monoisotopic (exact) mass is 612 g/mol. The van der Waals surface area contributed by atoms with Gasteiger partial charge in [0.15, 0.2) is 0 Å². The zero-order chi connectivity index (χ0) is 32.2. The van der Waals surface area contributed by atoms with Gasteiger partial charge in [0.05, 0.1) is 0 Å². The molecular weight excluding hydrogens is 572 g/mol. The van der Waals surface area contributed by atoms with Gasteiger partial charge in [-0.15, -0.1) is 0 Å². The number of hydrogen-bond acceptors (Lipinski definition) is 8. The second-order valence-electron chi connectivity index (χ2n) is 10.2. The van der Waals surface area contributed by atoms with Gasteiger partial charge in [-0.25, -0.2) is 9.59 Å². The topological polar surface area (TPSA) is 185 Å². The van der Waals surface area contributed by atoms with Crippen molar-refractivity contribution in [3.05, 3.63) is 71.8 Å². The number of carboxylic acid groups (broad SMARTS) is 2. The lowest BCUT2D eigenvalue weighted by Gasteiger charge is -2.17. The summed E-state index contributed by atoms with van der Waals surface area (Å²) < 4.78 is 10.5. The number of rotatable bonds is 21. The number of ether oxygens (including phenoxy) is 2. The summed E-state index contributed by atoms with van der Waals surface area (Å²) in [5.74, 6) is -4.43. The molecule has 12 nitrogen and oxygen atoms in total. The number of unbranched alkanes of at least 4 members (excludes halogenated alkanes) is 3. The molecule has 4 N–H and O–H groups in total. The molecule has 2 amide bonds. The van der Waals surface area contributed by atoms with E-state index in [0.29, 0.717) is 25.7 Å². The Bertz CT molecular complexity index is 1120. The molecule has 0 bridgehead atoms. The van der Waals surface area contributed by atoms with Crippen LogP contribution in [0.15, 0.2) is 60.7 Å². The quantitative estimate of drug-likeness (QED) is 0.120. The molecule has 0 aliphatic rings. The molecule has 0 aliphatic heterocycles. The Balaban J connectivity index is 1.70. The second-order valence-corrected chi connectivity index (χ2v) is 10.2. The first-order valence-corrected chi connectivity index (χ1v) is 14.6. The SMILES string of the molecule is O=C(O)CC[C@H](NC(=O)CCCCCCC(=O)N[C@@H](CCC(=O)O)C(=O)OCc1ccccc1)C(=O)OCc1ccccc1. The Hall–Kier alpha value is -4.74. The zero-order valence-electron chi connectivity index (χ0n) is 24.6. The van der Waals surface area contributed by atoms with Gasteiger partial charge >= 0.3 is 23.9 Å². The average Bonchev–Trinajstić information content (AvgIpc) is 3.01. The van der Waals surface area contributed by atoms with Gasteiger partial charge in [-0.3, -0.25) is 19.2 Å². The third-order valence-corrected chi connectivity index (χ3v) is 6.54. The number of aliphatic carboxylic acids is 2. The van der Waals surface area contributed by atoms with Crippen LogP contribution in [-0.2, 0) is 51.5 Å². The summed E-state index contributed by atoms with van der Waals surface area (Å²) >= 11 is 0. The second kappa shape index (κ2) is 20.2. The van der Waals surface area contributed by atoms with Crippen LogP contribution >= 0.6 is 0 Å². The van der Waals surface area contributed by atoms with Crippen molar-refractivity contribution in [2.24, 2.45) is 0 Å². The number of carbonyl (C=O) groups is 6. The predicted octanol–water partition coefficient (Wildman–Crippen LogP) is 3.51. The van der Waals surface area contributed by atoms with Gasteiger partial charge in [0.1, 0.15) is 25.3 Å². The fourth-order valence-electron chi connectivity index (χ4n) is 4.15. The zero-order valence-corrected chi connectivity index (χ0v) is 24.6. The van der Waals surface area contributed by atoms with Crippen LogP contribution in [0.3, 0.4) is 0 Å². The molecule has 0 heterocycles. The average molecular weight is 613 g/mol. The van der Waals surface area contributed by atoms with E-state index in [-0.39, 0.29) is 51.7 Å². The lowest BCUT2D eigenvalue weighted by Crippen LogP contribution is -2.42. The van der Waals surface area contributed by atoms with Crippen LogP contribution in [0.1, 0.15) is 75.3 Å². The minimum absolute atomic E-state index is 0.00186. The molecule has 2 aromatic carbocycles. The van der Waals surface area contributed by atoms with Gasteiger partial charge in [0.25, 0.3) is 0 Å². The molecule has 2 rings (SSSR count). The van der Waals surface area contributed by atoms with Gasteiger partial charge in [-0.05, 0) is 36.8 Å². The Morgan fingerprint density at radius 3 is 1.25 bits per heavy atom. The van der Waals surface area contributed by atoms with Crippen molar-refractivity contribution in [3.8, 4) is 0 Å². The van der Waals surface area contributed by atoms with Crippen LogP contribution in [-0.4, -0.2) is 58.0 Å². The smallest absolute Gasteiger partial charge is 0.328 e. The molecule has 0 fully saturated rings. The molecule has 0 spiro atoms. The number of hydrogen-bond donors (Lipinski definition) is 4. The molecule has 44 heavy (non-hydrogen) atoms. The van der Waals surface area contributed by atoms with Crippen molar-refractivity contribution in [1.29, 1.82) is 0 Å². The van der Waals surface area contributed by atoms with E-state index in [1.807, 2.05) is 12.1 Å². The maximum atomic E-state index is 12.5. The first-order chi connectivity index (χ1) is 21.1. The van der Waals surface area contributed by atoms with Crippen LogP contribution in [0.25, 0.3) is 0 Å². The number of carbonyl (C=O) groups excluding carboxylic acids is 4. The van der Waals surface area contributed by atoms with Crippen molar-refractivity contribution in [2.75, 3.05) is 0 Å². The number of esters is 2. The third-order valence-electron chi connectivity index (χ3n) is 6.54. The van der Waals surface area contributed by atoms with E-state index >= 15 is 0 Å². The van der Waals surface area contributed by atoms with Gasteiger partial charge in [-0.1, -0.05) is 73.5 Å².